The fraction of sp³-hybridized carbons (Fsp3) is 0.438. The first-order valence-electron chi connectivity index (χ1n) is 6.90. The number of Topliss-reactive ketones (excluding diaryl/α,β-unsaturated/α-hetero) is 3. The molecule has 0 saturated heterocycles. The minimum absolute atomic E-state index is 0.151. The van der Waals surface area contributed by atoms with Gasteiger partial charge in [-0.05, 0) is 30.0 Å². The highest BCUT2D eigenvalue weighted by Gasteiger charge is 2.39. The van der Waals surface area contributed by atoms with Crippen LogP contribution in [0.3, 0.4) is 0 Å². The van der Waals surface area contributed by atoms with Crippen molar-refractivity contribution in [2.24, 2.45) is 5.92 Å². The number of phenolic OH excluding ortho intramolecular Hbond substituents is 1. The van der Waals surface area contributed by atoms with E-state index in [1.807, 2.05) is 6.92 Å². The van der Waals surface area contributed by atoms with Crippen molar-refractivity contribution in [1.29, 1.82) is 0 Å². The third-order valence-electron chi connectivity index (χ3n) is 3.72. The van der Waals surface area contributed by atoms with Crippen molar-refractivity contribution in [3.63, 3.8) is 0 Å². The normalized spacial score (nSPS) is 22.9. The van der Waals surface area contributed by atoms with Crippen molar-refractivity contribution < 1.29 is 19.5 Å². The highest BCUT2D eigenvalue weighted by atomic mass is 16.3. The number of aromatic hydroxyl groups is 1. The van der Waals surface area contributed by atoms with Crippen LogP contribution < -0.4 is 0 Å². The van der Waals surface area contributed by atoms with Crippen LogP contribution in [-0.2, 0) is 14.4 Å². The van der Waals surface area contributed by atoms with Crippen LogP contribution >= 0.6 is 0 Å². The Balaban J connectivity index is 2.13. The van der Waals surface area contributed by atoms with Crippen LogP contribution in [0.5, 0.6) is 5.75 Å². The zero-order valence-corrected chi connectivity index (χ0v) is 11.5. The van der Waals surface area contributed by atoms with Gasteiger partial charge in [-0.15, -0.1) is 0 Å². The van der Waals surface area contributed by atoms with Crippen molar-refractivity contribution in [3.8, 4) is 5.75 Å². The van der Waals surface area contributed by atoms with Crippen LogP contribution in [0.1, 0.15) is 44.1 Å². The quantitative estimate of drug-likeness (QED) is 0.856. The number of ketones is 3. The average molecular weight is 274 g/mol. The zero-order chi connectivity index (χ0) is 14.7. The number of carbonyl (C=O) groups excluding carboxylic acids is 3. The predicted octanol–water partition coefficient (Wildman–Crippen LogP) is 2.39. The van der Waals surface area contributed by atoms with E-state index in [1.165, 1.54) is 0 Å². The molecule has 0 heterocycles. The van der Waals surface area contributed by atoms with Crippen LogP contribution in [0.4, 0.5) is 0 Å². The van der Waals surface area contributed by atoms with Crippen molar-refractivity contribution in [2.45, 2.75) is 38.5 Å². The van der Waals surface area contributed by atoms with Gasteiger partial charge in [-0.2, -0.15) is 0 Å². The number of benzene rings is 1. The lowest BCUT2D eigenvalue weighted by Crippen LogP contribution is -2.37. The maximum atomic E-state index is 12.1. The van der Waals surface area contributed by atoms with E-state index >= 15 is 0 Å². The van der Waals surface area contributed by atoms with E-state index in [9.17, 15) is 19.5 Å². The molecule has 0 spiro atoms. The SMILES string of the molecule is CCCC(=O)C1C(=O)CC(c2ccc(O)cc2)CC1=O. The van der Waals surface area contributed by atoms with E-state index in [4.69, 9.17) is 0 Å². The van der Waals surface area contributed by atoms with Gasteiger partial charge in [0.15, 0.2) is 17.3 Å². The third-order valence-corrected chi connectivity index (χ3v) is 3.72. The number of rotatable bonds is 4. The van der Waals surface area contributed by atoms with Crippen LogP contribution in [0.2, 0.25) is 0 Å². The molecule has 2 rings (SSSR count). The monoisotopic (exact) mass is 274 g/mol. The summed E-state index contributed by atoms with van der Waals surface area (Å²) >= 11 is 0. The van der Waals surface area contributed by atoms with Crippen molar-refractivity contribution >= 4 is 17.3 Å². The first-order chi connectivity index (χ1) is 9.52. The molecule has 0 radical (unpaired) electrons. The van der Waals surface area contributed by atoms with E-state index < -0.39 is 5.92 Å². The van der Waals surface area contributed by atoms with E-state index in [0.717, 1.165) is 5.56 Å². The Labute approximate surface area is 117 Å². The molecular weight excluding hydrogens is 256 g/mol. The molecule has 1 fully saturated rings. The fourth-order valence-electron chi connectivity index (χ4n) is 2.71. The summed E-state index contributed by atoms with van der Waals surface area (Å²) in [6.45, 7) is 1.86. The summed E-state index contributed by atoms with van der Waals surface area (Å²) in [5, 5.41) is 9.25. The first kappa shape index (κ1) is 14.4. The molecular formula is C16H18O4. The molecule has 0 aliphatic heterocycles. The topological polar surface area (TPSA) is 71.4 Å². The highest BCUT2D eigenvalue weighted by molar-refractivity contribution is 6.20. The lowest BCUT2D eigenvalue weighted by Gasteiger charge is -2.25. The molecule has 4 nitrogen and oxygen atoms in total. The van der Waals surface area contributed by atoms with E-state index in [1.54, 1.807) is 24.3 Å². The summed E-state index contributed by atoms with van der Waals surface area (Å²) in [4.78, 5) is 36.0. The van der Waals surface area contributed by atoms with Crippen molar-refractivity contribution in [1.82, 2.24) is 0 Å². The Bertz CT molecular complexity index is 512. The number of phenols is 1. The summed E-state index contributed by atoms with van der Waals surface area (Å²) in [5.41, 5.74) is 0.853. The van der Waals surface area contributed by atoms with Crippen LogP contribution in [0.25, 0.3) is 0 Å². The van der Waals surface area contributed by atoms with E-state index in [0.29, 0.717) is 6.42 Å². The molecule has 0 amide bonds. The molecule has 1 aromatic carbocycles. The van der Waals surface area contributed by atoms with Crippen LogP contribution in [0.15, 0.2) is 24.3 Å². The molecule has 0 bridgehead atoms. The van der Waals surface area contributed by atoms with E-state index in [2.05, 4.69) is 0 Å². The van der Waals surface area contributed by atoms with Gasteiger partial charge in [0.2, 0.25) is 0 Å². The van der Waals surface area contributed by atoms with Crippen molar-refractivity contribution in [2.75, 3.05) is 0 Å². The van der Waals surface area contributed by atoms with Gasteiger partial charge >= 0.3 is 0 Å². The Kier molecular flexibility index (Phi) is 4.32. The molecule has 0 aromatic heterocycles. The molecule has 106 valence electrons. The molecule has 1 N–H and O–H groups in total. The Morgan fingerprint density at radius 3 is 2.20 bits per heavy atom. The molecule has 4 heteroatoms. The highest BCUT2D eigenvalue weighted by Crippen LogP contribution is 2.33. The molecule has 1 aliphatic carbocycles. The van der Waals surface area contributed by atoms with Gasteiger partial charge in [0.05, 0.1) is 0 Å². The standard InChI is InChI=1S/C16H18O4/c1-2-3-13(18)16-14(19)8-11(9-15(16)20)10-4-6-12(17)7-5-10/h4-7,11,16-17H,2-3,8-9H2,1H3. The second kappa shape index (κ2) is 5.99. The predicted molar refractivity (Wildman–Crippen MR) is 73.5 cm³/mol. The second-order valence-corrected chi connectivity index (χ2v) is 5.28. The van der Waals surface area contributed by atoms with Gasteiger partial charge < -0.3 is 5.11 Å². The Morgan fingerprint density at radius 2 is 1.70 bits per heavy atom. The molecule has 20 heavy (non-hydrogen) atoms. The fourth-order valence-corrected chi connectivity index (χ4v) is 2.71. The molecule has 0 unspecified atom stereocenters. The van der Waals surface area contributed by atoms with Gasteiger partial charge in [0.1, 0.15) is 11.7 Å². The van der Waals surface area contributed by atoms with Crippen molar-refractivity contribution in [3.05, 3.63) is 29.8 Å². The lowest BCUT2D eigenvalue weighted by molar-refractivity contribution is -0.142. The zero-order valence-electron chi connectivity index (χ0n) is 11.5. The van der Waals surface area contributed by atoms with E-state index in [-0.39, 0.29) is 48.3 Å². The minimum atomic E-state index is -1.04. The van der Waals surface area contributed by atoms with Gasteiger partial charge in [0, 0.05) is 19.3 Å². The number of hydrogen-bond acceptors (Lipinski definition) is 4. The summed E-state index contributed by atoms with van der Waals surface area (Å²) in [5.74, 6) is -1.84. The minimum Gasteiger partial charge on any atom is -0.508 e. The molecule has 1 aliphatic rings. The second-order valence-electron chi connectivity index (χ2n) is 5.28. The summed E-state index contributed by atoms with van der Waals surface area (Å²) in [6.07, 6.45) is 1.37. The molecule has 0 atom stereocenters. The van der Waals surface area contributed by atoms with Gasteiger partial charge in [-0.3, -0.25) is 14.4 Å². The Hall–Kier alpha value is -1.97. The maximum Gasteiger partial charge on any atom is 0.151 e. The number of carbonyl (C=O) groups is 3. The van der Waals surface area contributed by atoms with Crippen LogP contribution in [0, 0.1) is 5.92 Å². The largest absolute Gasteiger partial charge is 0.508 e. The Morgan fingerprint density at radius 1 is 1.15 bits per heavy atom. The smallest absolute Gasteiger partial charge is 0.151 e. The summed E-state index contributed by atoms with van der Waals surface area (Å²) < 4.78 is 0. The van der Waals surface area contributed by atoms with Gasteiger partial charge in [0.25, 0.3) is 0 Å². The average Bonchev–Trinajstić information content (AvgIpc) is 2.39. The summed E-state index contributed by atoms with van der Waals surface area (Å²) in [7, 11) is 0. The van der Waals surface area contributed by atoms with Crippen LogP contribution in [-0.4, -0.2) is 22.5 Å². The first-order valence-corrected chi connectivity index (χ1v) is 6.90. The summed E-state index contributed by atoms with van der Waals surface area (Å²) in [6, 6.07) is 6.51. The van der Waals surface area contributed by atoms with Gasteiger partial charge in [-0.25, -0.2) is 0 Å². The molecule has 1 saturated carbocycles. The molecule has 1 aromatic rings. The number of hydrogen-bond donors (Lipinski definition) is 1. The lowest BCUT2D eigenvalue weighted by atomic mass is 9.75. The third kappa shape index (κ3) is 2.95. The maximum absolute atomic E-state index is 12.1. The van der Waals surface area contributed by atoms with Gasteiger partial charge in [-0.1, -0.05) is 19.1 Å².